The van der Waals surface area contributed by atoms with Gasteiger partial charge in [0.05, 0.1) is 20.3 Å². The standard InChI is InChI=1S/C24H30N6O3/c1-32-20-9-8-18(16-21(20)33-15-5-14-30-12-2-3-13-30)28-24-25-11-10-22(29-24)26-17-19-6-4-7-23(31)27-19/h4,6-11,16H,2-3,5,12-15,17H2,1H3,(H,27,31)(H2,25,26,28,29). The van der Waals surface area contributed by atoms with Crippen LogP contribution in [0.1, 0.15) is 25.0 Å². The second kappa shape index (κ2) is 11.3. The molecule has 9 nitrogen and oxygen atoms in total. The van der Waals surface area contributed by atoms with Crippen molar-refractivity contribution in [1.82, 2.24) is 19.9 Å². The monoisotopic (exact) mass is 450 g/mol. The second-order valence-corrected chi connectivity index (χ2v) is 7.90. The molecule has 0 spiro atoms. The van der Waals surface area contributed by atoms with Crippen LogP contribution in [0.3, 0.4) is 0 Å². The number of nitrogens with zero attached hydrogens (tertiary/aromatic N) is 3. The predicted molar refractivity (Wildman–Crippen MR) is 128 cm³/mol. The van der Waals surface area contributed by atoms with E-state index in [9.17, 15) is 4.79 Å². The molecule has 174 valence electrons. The van der Waals surface area contributed by atoms with Crippen molar-refractivity contribution in [3.8, 4) is 11.5 Å². The van der Waals surface area contributed by atoms with Crippen molar-refractivity contribution in [2.75, 3.05) is 44.0 Å². The number of hydrogen-bond donors (Lipinski definition) is 3. The van der Waals surface area contributed by atoms with Crippen molar-refractivity contribution >= 4 is 17.5 Å². The van der Waals surface area contributed by atoms with Gasteiger partial charge in [-0.1, -0.05) is 6.07 Å². The molecule has 0 unspecified atom stereocenters. The van der Waals surface area contributed by atoms with Crippen molar-refractivity contribution in [3.63, 3.8) is 0 Å². The lowest BCUT2D eigenvalue weighted by molar-refractivity contribution is 0.254. The molecule has 2 aromatic heterocycles. The summed E-state index contributed by atoms with van der Waals surface area (Å²) >= 11 is 0. The van der Waals surface area contributed by atoms with Crippen molar-refractivity contribution in [1.29, 1.82) is 0 Å². The van der Waals surface area contributed by atoms with Gasteiger partial charge in [0, 0.05) is 36.3 Å². The van der Waals surface area contributed by atoms with Crippen molar-refractivity contribution in [3.05, 3.63) is 64.7 Å². The van der Waals surface area contributed by atoms with Crippen LogP contribution in [0.15, 0.2) is 53.5 Å². The zero-order chi connectivity index (χ0) is 22.9. The third kappa shape index (κ3) is 6.69. The van der Waals surface area contributed by atoms with Crippen molar-refractivity contribution in [2.24, 2.45) is 0 Å². The summed E-state index contributed by atoms with van der Waals surface area (Å²) in [5.41, 5.74) is 1.44. The average Bonchev–Trinajstić information content (AvgIpc) is 3.35. The maximum atomic E-state index is 11.4. The summed E-state index contributed by atoms with van der Waals surface area (Å²) in [5.74, 6) is 2.47. The Balaban J connectivity index is 1.35. The predicted octanol–water partition coefficient (Wildman–Crippen LogP) is 3.39. The zero-order valence-corrected chi connectivity index (χ0v) is 18.8. The number of aromatic amines is 1. The smallest absolute Gasteiger partial charge is 0.248 e. The summed E-state index contributed by atoms with van der Waals surface area (Å²) in [5, 5.41) is 6.41. The van der Waals surface area contributed by atoms with Crippen LogP contribution in [0, 0.1) is 0 Å². The first-order chi connectivity index (χ1) is 16.2. The van der Waals surface area contributed by atoms with E-state index in [1.165, 1.54) is 32.0 Å². The van der Waals surface area contributed by atoms with Gasteiger partial charge in [0.2, 0.25) is 11.5 Å². The van der Waals surface area contributed by atoms with E-state index in [-0.39, 0.29) is 5.56 Å². The van der Waals surface area contributed by atoms with Gasteiger partial charge < -0.3 is 30.0 Å². The summed E-state index contributed by atoms with van der Waals surface area (Å²) in [6, 6.07) is 12.5. The Morgan fingerprint density at radius 1 is 1.12 bits per heavy atom. The Labute approximate surface area is 193 Å². The van der Waals surface area contributed by atoms with E-state index in [1.54, 1.807) is 25.4 Å². The van der Waals surface area contributed by atoms with Gasteiger partial charge in [-0.3, -0.25) is 4.79 Å². The minimum atomic E-state index is -0.132. The molecule has 1 aliphatic rings. The maximum absolute atomic E-state index is 11.4. The number of anilines is 3. The fraction of sp³-hybridized carbons (Fsp3) is 0.375. The van der Waals surface area contributed by atoms with E-state index >= 15 is 0 Å². The van der Waals surface area contributed by atoms with E-state index in [4.69, 9.17) is 9.47 Å². The molecule has 3 N–H and O–H groups in total. The molecule has 1 aliphatic heterocycles. The van der Waals surface area contributed by atoms with E-state index < -0.39 is 0 Å². The Kier molecular flexibility index (Phi) is 7.76. The molecular weight excluding hydrogens is 420 g/mol. The Morgan fingerprint density at radius 3 is 2.82 bits per heavy atom. The summed E-state index contributed by atoms with van der Waals surface area (Å²) < 4.78 is 11.5. The van der Waals surface area contributed by atoms with Crippen LogP contribution in [0.25, 0.3) is 0 Å². The number of hydrogen-bond acceptors (Lipinski definition) is 8. The zero-order valence-electron chi connectivity index (χ0n) is 18.8. The quantitative estimate of drug-likeness (QED) is 0.382. The fourth-order valence-electron chi connectivity index (χ4n) is 3.77. The van der Waals surface area contributed by atoms with Gasteiger partial charge in [-0.15, -0.1) is 0 Å². The van der Waals surface area contributed by atoms with Crippen LogP contribution in [0.2, 0.25) is 0 Å². The van der Waals surface area contributed by atoms with Gasteiger partial charge in [0.15, 0.2) is 11.5 Å². The molecule has 33 heavy (non-hydrogen) atoms. The number of ether oxygens (including phenoxy) is 2. The molecule has 0 amide bonds. The maximum Gasteiger partial charge on any atom is 0.248 e. The molecule has 0 aliphatic carbocycles. The number of nitrogens with one attached hydrogen (secondary N) is 3. The number of methoxy groups -OCH3 is 1. The molecule has 0 atom stereocenters. The van der Waals surface area contributed by atoms with E-state index in [0.29, 0.717) is 36.4 Å². The average molecular weight is 451 g/mol. The number of aromatic nitrogens is 3. The Hall–Kier alpha value is -3.59. The molecule has 0 radical (unpaired) electrons. The van der Waals surface area contributed by atoms with Gasteiger partial charge in [-0.05, 0) is 56.6 Å². The summed E-state index contributed by atoms with van der Waals surface area (Å²) in [7, 11) is 1.64. The number of pyridine rings is 1. The fourth-order valence-corrected chi connectivity index (χ4v) is 3.77. The Bertz CT molecular complexity index is 1100. The van der Waals surface area contributed by atoms with Crippen molar-refractivity contribution < 1.29 is 9.47 Å². The minimum absolute atomic E-state index is 0.132. The van der Waals surface area contributed by atoms with Gasteiger partial charge in [0.25, 0.3) is 0 Å². The lowest BCUT2D eigenvalue weighted by atomic mass is 10.2. The molecular formula is C24H30N6O3. The lowest BCUT2D eigenvalue weighted by Crippen LogP contribution is -2.21. The molecule has 9 heteroatoms. The highest BCUT2D eigenvalue weighted by molar-refractivity contribution is 5.60. The van der Waals surface area contributed by atoms with E-state index in [0.717, 1.165) is 24.3 Å². The molecule has 3 heterocycles. The van der Waals surface area contributed by atoms with Gasteiger partial charge in [-0.25, -0.2) is 4.98 Å². The molecule has 3 aromatic rings. The third-order valence-electron chi connectivity index (χ3n) is 5.44. The molecule has 0 saturated carbocycles. The van der Waals surface area contributed by atoms with Crippen LogP contribution >= 0.6 is 0 Å². The number of benzene rings is 1. The van der Waals surface area contributed by atoms with Crippen LogP contribution < -0.4 is 25.7 Å². The lowest BCUT2D eigenvalue weighted by Gasteiger charge is -2.16. The normalized spacial score (nSPS) is 13.6. The highest BCUT2D eigenvalue weighted by atomic mass is 16.5. The number of rotatable bonds is 11. The molecule has 0 bridgehead atoms. The highest BCUT2D eigenvalue weighted by Gasteiger charge is 2.11. The minimum Gasteiger partial charge on any atom is -0.493 e. The molecule has 1 saturated heterocycles. The van der Waals surface area contributed by atoms with Crippen LogP contribution in [0.4, 0.5) is 17.5 Å². The van der Waals surface area contributed by atoms with Crippen LogP contribution in [-0.4, -0.2) is 53.2 Å². The first-order valence-corrected chi connectivity index (χ1v) is 11.2. The van der Waals surface area contributed by atoms with E-state index in [2.05, 4.69) is 30.5 Å². The largest absolute Gasteiger partial charge is 0.493 e. The highest BCUT2D eigenvalue weighted by Crippen LogP contribution is 2.31. The number of likely N-dealkylation sites (tertiary alicyclic amines) is 1. The van der Waals surface area contributed by atoms with Gasteiger partial charge in [-0.2, -0.15) is 4.98 Å². The molecule has 1 fully saturated rings. The van der Waals surface area contributed by atoms with Gasteiger partial charge in [0.1, 0.15) is 5.82 Å². The van der Waals surface area contributed by atoms with E-state index in [1.807, 2.05) is 24.3 Å². The molecule has 4 rings (SSSR count). The SMILES string of the molecule is COc1ccc(Nc2nccc(NCc3cccc(=O)[nH]3)n2)cc1OCCCN1CCCC1. The second-order valence-electron chi connectivity index (χ2n) is 7.90. The first-order valence-electron chi connectivity index (χ1n) is 11.2. The first kappa shape index (κ1) is 22.6. The summed E-state index contributed by atoms with van der Waals surface area (Å²) in [6.07, 6.45) is 5.24. The Morgan fingerprint density at radius 2 is 2.00 bits per heavy atom. The summed E-state index contributed by atoms with van der Waals surface area (Å²) in [6.45, 7) is 4.53. The third-order valence-corrected chi connectivity index (χ3v) is 5.44. The topological polar surface area (TPSA) is 104 Å². The summed E-state index contributed by atoms with van der Waals surface area (Å²) in [4.78, 5) is 25.5. The van der Waals surface area contributed by atoms with Crippen LogP contribution in [-0.2, 0) is 6.54 Å². The number of H-pyrrole nitrogens is 1. The van der Waals surface area contributed by atoms with Crippen molar-refractivity contribution in [2.45, 2.75) is 25.8 Å². The van der Waals surface area contributed by atoms with Gasteiger partial charge >= 0.3 is 0 Å². The van der Waals surface area contributed by atoms with Crippen LogP contribution in [0.5, 0.6) is 11.5 Å². The molecule has 1 aromatic carbocycles.